The van der Waals surface area contributed by atoms with Gasteiger partial charge >= 0.3 is 0 Å². The summed E-state index contributed by atoms with van der Waals surface area (Å²) in [5.74, 6) is 0. The van der Waals surface area contributed by atoms with E-state index in [-0.39, 0.29) is 0 Å². The molecule has 0 amide bonds. The van der Waals surface area contributed by atoms with Crippen LogP contribution in [0.4, 0.5) is 0 Å². The molecule has 0 atom stereocenters. The molecule has 1 aliphatic heterocycles. The molecule has 3 heterocycles. The van der Waals surface area contributed by atoms with Gasteiger partial charge in [0.2, 0.25) is 0 Å². The van der Waals surface area contributed by atoms with Crippen molar-refractivity contribution in [3.8, 4) is 11.1 Å². The highest BCUT2D eigenvalue weighted by Gasteiger charge is 2.14. The Kier molecular flexibility index (Phi) is 12.7. The maximum Gasteiger partial charge on any atom is 0.0544 e. The second-order valence-corrected chi connectivity index (χ2v) is 11.4. The first-order valence-corrected chi connectivity index (χ1v) is 15.9. The lowest BCUT2D eigenvalue weighted by Gasteiger charge is -2.24. The third-order valence-electron chi connectivity index (χ3n) is 7.92. The molecule has 2 aromatic heterocycles. The molecule has 0 bridgehead atoms. The lowest BCUT2D eigenvalue weighted by molar-refractivity contribution is 0.242. The maximum atomic E-state index is 4.60. The summed E-state index contributed by atoms with van der Waals surface area (Å²) >= 11 is 0. The summed E-state index contributed by atoms with van der Waals surface area (Å²) in [6.07, 6.45) is 6.08. The van der Waals surface area contributed by atoms with Gasteiger partial charge in [0.05, 0.1) is 11.4 Å². The molecule has 7 nitrogen and oxygen atoms in total. The predicted molar refractivity (Wildman–Crippen MR) is 176 cm³/mol. The number of aromatic nitrogens is 2. The molecule has 0 unspecified atom stereocenters. The van der Waals surface area contributed by atoms with Crippen LogP contribution in [0.3, 0.4) is 0 Å². The molecule has 0 saturated carbocycles. The zero-order valence-electron chi connectivity index (χ0n) is 25.4. The Hall–Kier alpha value is -3.46. The SMILES string of the molecule is c1ccc(CN(Cc2ccccn2)Cc2ccccc2-c2ccc(CN3CCCNCCNCCCNCC3)cc2)nc1. The Balaban J connectivity index is 1.26. The Labute approximate surface area is 257 Å². The molecule has 7 heteroatoms. The summed E-state index contributed by atoms with van der Waals surface area (Å²) in [5, 5.41) is 10.7. The van der Waals surface area contributed by atoms with E-state index in [0.29, 0.717) is 0 Å². The van der Waals surface area contributed by atoms with Gasteiger partial charge in [0.25, 0.3) is 0 Å². The standard InChI is InChI=1S/C36H47N7/c1-2-12-36(33(9-1)28-43(29-34-10-3-5-20-40-34)30-35-11-4-6-21-41-35)32-15-13-31(14-16-32)27-42-25-8-19-38-23-22-37-17-7-18-39-24-26-42/h1-6,9-16,20-21,37-39H,7-8,17-19,22-30H2. The molecule has 1 fully saturated rings. The Morgan fingerprint density at radius 1 is 0.581 bits per heavy atom. The Morgan fingerprint density at radius 3 is 1.88 bits per heavy atom. The fourth-order valence-electron chi connectivity index (χ4n) is 5.66. The molecule has 3 N–H and O–H groups in total. The monoisotopic (exact) mass is 577 g/mol. The minimum Gasteiger partial charge on any atom is -0.315 e. The van der Waals surface area contributed by atoms with Crippen LogP contribution in [0.15, 0.2) is 97.3 Å². The smallest absolute Gasteiger partial charge is 0.0544 e. The van der Waals surface area contributed by atoms with Gasteiger partial charge in [0, 0.05) is 64.8 Å². The Morgan fingerprint density at radius 2 is 1.21 bits per heavy atom. The first-order valence-electron chi connectivity index (χ1n) is 15.9. The van der Waals surface area contributed by atoms with Gasteiger partial charge in [-0.05, 0) is 85.5 Å². The molecule has 226 valence electrons. The topological polar surface area (TPSA) is 68.4 Å². The second-order valence-electron chi connectivity index (χ2n) is 11.4. The number of nitrogens with zero attached hydrogens (tertiary/aromatic N) is 4. The third kappa shape index (κ3) is 10.6. The number of hydrogen-bond acceptors (Lipinski definition) is 7. The number of benzene rings is 2. The summed E-state index contributed by atoms with van der Waals surface area (Å²) in [5.41, 5.74) is 7.35. The van der Waals surface area contributed by atoms with E-state index >= 15 is 0 Å². The molecule has 43 heavy (non-hydrogen) atoms. The van der Waals surface area contributed by atoms with Gasteiger partial charge in [-0.1, -0.05) is 60.7 Å². The van der Waals surface area contributed by atoms with Crippen molar-refractivity contribution in [3.05, 3.63) is 120 Å². The number of nitrogens with one attached hydrogen (secondary N) is 3. The van der Waals surface area contributed by atoms with Crippen LogP contribution < -0.4 is 16.0 Å². The van der Waals surface area contributed by atoms with Crippen LogP contribution in [0.5, 0.6) is 0 Å². The van der Waals surface area contributed by atoms with Crippen LogP contribution in [0.1, 0.15) is 35.4 Å². The van der Waals surface area contributed by atoms with Crippen molar-refractivity contribution in [1.82, 2.24) is 35.7 Å². The van der Waals surface area contributed by atoms with Crippen molar-refractivity contribution in [2.75, 3.05) is 52.4 Å². The van der Waals surface area contributed by atoms with E-state index in [0.717, 1.165) is 89.9 Å². The van der Waals surface area contributed by atoms with Crippen LogP contribution >= 0.6 is 0 Å². The van der Waals surface area contributed by atoms with Crippen molar-refractivity contribution in [1.29, 1.82) is 0 Å². The van der Waals surface area contributed by atoms with E-state index < -0.39 is 0 Å². The first kappa shape index (κ1) is 31.0. The van der Waals surface area contributed by atoms with Crippen molar-refractivity contribution < 1.29 is 0 Å². The molecule has 0 aliphatic carbocycles. The van der Waals surface area contributed by atoms with Gasteiger partial charge in [-0.25, -0.2) is 0 Å². The number of pyridine rings is 2. The van der Waals surface area contributed by atoms with Crippen molar-refractivity contribution in [2.45, 2.75) is 39.0 Å². The zero-order chi connectivity index (χ0) is 29.4. The van der Waals surface area contributed by atoms with E-state index in [9.17, 15) is 0 Å². The molecular formula is C36H47N7. The first-order chi connectivity index (χ1) is 21.3. The average molecular weight is 578 g/mol. The van der Waals surface area contributed by atoms with Crippen LogP contribution in [-0.2, 0) is 26.2 Å². The normalized spacial score (nSPS) is 16.1. The predicted octanol–water partition coefficient (Wildman–Crippen LogP) is 4.71. The second kappa shape index (κ2) is 17.6. The highest BCUT2D eigenvalue weighted by molar-refractivity contribution is 5.67. The Bertz CT molecular complexity index is 1260. The van der Waals surface area contributed by atoms with Crippen LogP contribution in [-0.4, -0.2) is 72.1 Å². The van der Waals surface area contributed by atoms with Crippen molar-refractivity contribution in [3.63, 3.8) is 0 Å². The summed E-state index contributed by atoms with van der Waals surface area (Å²) < 4.78 is 0. The highest BCUT2D eigenvalue weighted by atomic mass is 15.1. The summed E-state index contributed by atoms with van der Waals surface area (Å²) in [7, 11) is 0. The molecule has 1 saturated heterocycles. The third-order valence-corrected chi connectivity index (χ3v) is 7.92. The summed E-state index contributed by atoms with van der Waals surface area (Å²) in [6, 6.07) is 30.3. The van der Waals surface area contributed by atoms with E-state index in [1.807, 2.05) is 24.5 Å². The van der Waals surface area contributed by atoms with E-state index in [4.69, 9.17) is 0 Å². The quantitative estimate of drug-likeness (QED) is 0.266. The molecule has 2 aromatic carbocycles. The van der Waals surface area contributed by atoms with Gasteiger partial charge in [0.15, 0.2) is 0 Å². The summed E-state index contributed by atoms with van der Waals surface area (Å²) in [4.78, 5) is 14.2. The number of hydrogen-bond donors (Lipinski definition) is 3. The molecule has 0 spiro atoms. The lowest BCUT2D eigenvalue weighted by Crippen LogP contribution is -2.36. The molecule has 4 aromatic rings. The van der Waals surface area contributed by atoms with Gasteiger partial charge in [0.1, 0.15) is 0 Å². The van der Waals surface area contributed by atoms with Gasteiger partial charge in [-0.2, -0.15) is 0 Å². The highest BCUT2D eigenvalue weighted by Crippen LogP contribution is 2.26. The fourth-order valence-corrected chi connectivity index (χ4v) is 5.66. The largest absolute Gasteiger partial charge is 0.315 e. The van der Waals surface area contributed by atoms with E-state index in [1.54, 1.807) is 0 Å². The number of rotatable bonds is 9. The maximum absolute atomic E-state index is 4.60. The molecule has 5 rings (SSSR count). The fraction of sp³-hybridized carbons (Fsp3) is 0.389. The van der Waals surface area contributed by atoms with Crippen LogP contribution in [0.25, 0.3) is 11.1 Å². The van der Waals surface area contributed by atoms with E-state index in [1.165, 1.54) is 35.1 Å². The van der Waals surface area contributed by atoms with Crippen LogP contribution in [0.2, 0.25) is 0 Å². The van der Waals surface area contributed by atoms with Crippen molar-refractivity contribution in [2.24, 2.45) is 0 Å². The molecular weight excluding hydrogens is 530 g/mol. The average Bonchev–Trinajstić information content (AvgIpc) is 3.04. The van der Waals surface area contributed by atoms with Crippen LogP contribution in [0, 0.1) is 0 Å². The molecule has 0 radical (unpaired) electrons. The van der Waals surface area contributed by atoms with E-state index in [2.05, 4.69) is 109 Å². The minimum absolute atomic E-state index is 0.766. The summed E-state index contributed by atoms with van der Waals surface area (Å²) in [6.45, 7) is 11.9. The lowest BCUT2D eigenvalue weighted by atomic mass is 9.98. The van der Waals surface area contributed by atoms with Gasteiger partial charge in [-0.3, -0.25) is 19.8 Å². The zero-order valence-corrected chi connectivity index (χ0v) is 25.4. The minimum atomic E-state index is 0.766. The van der Waals surface area contributed by atoms with Crippen molar-refractivity contribution >= 4 is 0 Å². The molecule has 1 aliphatic rings. The van der Waals surface area contributed by atoms with Gasteiger partial charge in [-0.15, -0.1) is 0 Å². The van der Waals surface area contributed by atoms with Gasteiger partial charge < -0.3 is 16.0 Å².